The average Bonchev–Trinajstić information content (AvgIpc) is 3.35. The van der Waals surface area contributed by atoms with E-state index in [1.54, 1.807) is 16.2 Å². The van der Waals surface area contributed by atoms with Crippen molar-refractivity contribution in [2.75, 3.05) is 13.2 Å². The van der Waals surface area contributed by atoms with Crippen molar-refractivity contribution >= 4 is 34.6 Å². The molecule has 2 aromatic heterocycles. The molecule has 1 aliphatic rings. The van der Waals surface area contributed by atoms with Crippen molar-refractivity contribution in [3.63, 3.8) is 0 Å². The highest BCUT2D eigenvalue weighted by Crippen LogP contribution is 2.29. The fourth-order valence-corrected chi connectivity index (χ4v) is 4.87. The highest BCUT2D eigenvalue weighted by molar-refractivity contribution is 7.12. The highest BCUT2D eigenvalue weighted by Gasteiger charge is 2.23. The lowest BCUT2D eigenvalue weighted by atomic mass is 10.1. The third-order valence-corrected chi connectivity index (χ3v) is 6.62. The van der Waals surface area contributed by atoms with Gasteiger partial charge < -0.3 is 9.64 Å². The van der Waals surface area contributed by atoms with Crippen LogP contribution in [0.2, 0.25) is 0 Å². The zero-order chi connectivity index (χ0) is 18.8. The lowest BCUT2D eigenvalue weighted by Gasteiger charge is -2.26. The minimum absolute atomic E-state index is 0.145. The molecule has 0 N–H and O–H groups in total. The van der Waals surface area contributed by atoms with Gasteiger partial charge in [-0.1, -0.05) is 29.8 Å². The molecule has 0 unspecified atom stereocenters. The maximum Gasteiger partial charge on any atom is 0.349 e. The Morgan fingerprint density at radius 1 is 1.07 bits per heavy atom. The van der Waals surface area contributed by atoms with Crippen molar-refractivity contribution in [3.8, 4) is 11.1 Å². The summed E-state index contributed by atoms with van der Waals surface area (Å²) < 4.78 is 5.34. The molecule has 0 bridgehead atoms. The van der Waals surface area contributed by atoms with Gasteiger partial charge in [0.15, 0.2) is 6.61 Å². The fraction of sp³-hybridized carbons (Fsp3) is 0.238. The van der Waals surface area contributed by atoms with Crippen LogP contribution in [0.3, 0.4) is 0 Å². The van der Waals surface area contributed by atoms with Crippen molar-refractivity contribution in [1.29, 1.82) is 0 Å². The standard InChI is InChI=1S/C21H19NO3S2/c1-14-2-4-15(5-3-14)17-8-11-27-20(17)21(24)25-13-19(23)22-9-6-18-16(12-22)7-10-26-18/h2-5,7-8,10-11H,6,9,12-13H2,1H3. The molecule has 4 rings (SSSR count). The van der Waals surface area contributed by atoms with E-state index in [4.69, 9.17) is 4.74 Å². The number of thiophene rings is 2. The molecule has 3 heterocycles. The molecular formula is C21H19NO3S2. The van der Waals surface area contributed by atoms with Gasteiger partial charge in [0.25, 0.3) is 5.91 Å². The Morgan fingerprint density at radius 2 is 1.85 bits per heavy atom. The third kappa shape index (κ3) is 3.82. The zero-order valence-corrected chi connectivity index (χ0v) is 16.6. The number of amides is 1. The molecule has 1 aliphatic heterocycles. The minimum Gasteiger partial charge on any atom is -0.451 e. The Bertz CT molecular complexity index is 971. The summed E-state index contributed by atoms with van der Waals surface area (Å²) in [6, 6.07) is 12.0. The molecule has 0 aliphatic carbocycles. The third-order valence-electron chi connectivity index (χ3n) is 4.70. The molecule has 0 saturated heterocycles. The van der Waals surface area contributed by atoms with Gasteiger partial charge in [0.1, 0.15) is 4.88 Å². The Balaban J connectivity index is 1.40. The smallest absolute Gasteiger partial charge is 0.349 e. The zero-order valence-electron chi connectivity index (χ0n) is 14.9. The number of fused-ring (bicyclic) bond motifs is 1. The number of esters is 1. The van der Waals surface area contributed by atoms with E-state index in [1.165, 1.54) is 27.3 Å². The highest BCUT2D eigenvalue weighted by atomic mass is 32.1. The van der Waals surface area contributed by atoms with Crippen LogP contribution in [-0.2, 0) is 22.5 Å². The van der Waals surface area contributed by atoms with Crippen LogP contribution >= 0.6 is 22.7 Å². The summed E-state index contributed by atoms with van der Waals surface area (Å²) in [5.41, 5.74) is 4.18. The molecule has 6 heteroatoms. The SMILES string of the molecule is Cc1ccc(-c2ccsc2C(=O)OCC(=O)N2CCc3sccc3C2)cc1. The summed E-state index contributed by atoms with van der Waals surface area (Å²) in [5, 5.41) is 3.93. The van der Waals surface area contributed by atoms with Gasteiger partial charge in [0.2, 0.25) is 0 Å². The number of hydrogen-bond donors (Lipinski definition) is 0. The quantitative estimate of drug-likeness (QED) is 0.608. The molecule has 138 valence electrons. The second kappa shape index (κ2) is 7.66. The second-order valence-corrected chi connectivity index (χ2v) is 8.46. The largest absolute Gasteiger partial charge is 0.451 e. The summed E-state index contributed by atoms with van der Waals surface area (Å²) in [6.07, 6.45) is 0.870. The molecule has 1 amide bonds. The van der Waals surface area contributed by atoms with E-state index in [2.05, 4.69) is 11.4 Å². The molecule has 0 fully saturated rings. The van der Waals surface area contributed by atoms with Gasteiger partial charge in [-0.05, 0) is 47.4 Å². The van der Waals surface area contributed by atoms with Gasteiger partial charge in [-0.3, -0.25) is 4.79 Å². The van der Waals surface area contributed by atoms with Crippen LogP contribution in [-0.4, -0.2) is 29.9 Å². The number of carbonyl (C=O) groups is 2. The van der Waals surface area contributed by atoms with Crippen LogP contribution in [0.25, 0.3) is 11.1 Å². The summed E-state index contributed by atoms with van der Waals surface area (Å²) in [7, 11) is 0. The first-order chi connectivity index (χ1) is 13.1. The van der Waals surface area contributed by atoms with Gasteiger partial charge in [-0.25, -0.2) is 4.79 Å². The molecule has 0 radical (unpaired) electrons. The van der Waals surface area contributed by atoms with Crippen molar-refractivity contribution in [2.45, 2.75) is 19.9 Å². The number of aryl methyl sites for hydroxylation is 1. The fourth-order valence-electron chi connectivity index (χ4n) is 3.17. The number of ether oxygens (including phenoxy) is 1. The van der Waals surface area contributed by atoms with Crippen LogP contribution in [0.15, 0.2) is 47.2 Å². The van der Waals surface area contributed by atoms with Crippen LogP contribution < -0.4 is 0 Å². The van der Waals surface area contributed by atoms with Crippen LogP contribution in [0.1, 0.15) is 25.7 Å². The summed E-state index contributed by atoms with van der Waals surface area (Å²) >= 11 is 3.07. The maximum absolute atomic E-state index is 12.5. The van der Waals surface area contributed by atoms with Crippen molar-refractivity contribution in [1.82, 2.24) is 4.90 Å². The van der Waals surface area contributed by atoms with Crippen LogP contribution in [0.4, 0.5) is 0 Å². The molecule has 27 heavy (non-hydrogen) atoms. The van der Waals surface area contributed by atoms with Crippen molar-refractivity contribution in [3.05, 3.63) is 68.0 Å². The molecular weight excluding hydrogens is 378 g/mol. The molecule has 0 saturated carbocycles. The minimum atomic E-state index is -0.442. The number of carbonyl (C=O) groups excluding carboxylic acids is 2. The van der Waals surface area contributed by atoms with Crippen molar-refractivity contribution in [2.24, 2.45) is 0 Å². The number of benzene rings is 1. The maximum atomic E-state index is 12.5. The number of hydrogen-bond acceptors (Lipinski definition) is 5. The monoisotopic (exact) mass is 397 g/mol. The van der Waals surface area contributed by atoms with Crippen LogP contribution in [0, 0.1) is 6.92 Å². The van der Waals surface area contributed by atoms with Gasteiger partial charge in [-0.2, -0.15) is 0 Å². The average molecular weight is 398 g/mol. The topological polar surface area (TPSA) is 46.6 Å². The molecule has 3 aromatic rings. The Kier molecular flexibility index (Phi) is 5.09. The van der Waals surface area contributed by atoms with E-state index in [1.807, 2.05) is 42.6 Å². The lowest BCUT2D eigenvalue weighted by Crippen LogP contribution is -2.38. The summed E-state index contributed by atoms with van der Waals surface area (Å²) in [6.45, 7) is 3.09. The normalized spacial score (nSPS) is 13.3. The summed E-state index contributed by atoms with van der Waals surface area (Å²) in [5.74, 6) is -0.587. The first-order valence-electron chi connectivity index (χ1n) is 8.76. The van der Waals surface area contributed by atoms with Gasteiger partial charge in [0, 0.05) is 23.5 Å². The van der Waals surface area contributed by atoms with E-state index in [9.17, 15) is 9.59 Å². The number of nitrogens with zero attached hydrogens (tertiary/aromatic N) is 1. The van der Waals surface area contributed by atoms with Gasteiger partial charge in [-0.15, -0.1) is 22.7 Å². The van der Waals surface area contributed by atoms with Gasteiger partial charge >= 0.3 is 5.97 Å². The molecule has 4 nitrogen and oxygen atoms in total. The Labute approximate surface area is 166 Å². The Morgan fingerprint density at radius 3 is 2.67 bits per heavy atom. The first-order valence-corrected chi connectivity index (χ1v) is 10.5. The second-order valence-electron chi connectivity index (χ2n) is 6.54. The number of rotatable bonds is 4. The summed E-state index contributed by atoms with van der Waals surface area (Å²) in [4.78, 5) is 28.6. The van der Waals surface area contributed by atoms with E-state index < -0.39 is 5.97 Å². The van der Waals surface area contributed by atoms with E-state index in [0.717, 1.165) is 17.5 Å². The van der Waals surface area contributed by atoms with Crippen molar-refractivity contribution < 1.29 is 14.3 Å². The Hall–Kier alpha value is -2.44. The molecule has 1 aromatic carbocycles. The molecule has 0 atom stereocenters. The van der Waals surface area contributed by atoms with Gasteiger partial charge in [0.05, 0.1) is 0 Å². The van der Waals surface area contributed by atoms with E-state index in [-0.39, 0.29) is 12.5 Å². The predicted molar refractivity (Wildman–Crippen MR) is 108 cm³/mol. The predicted octanol–water partition coefficient (Wildman–Crippen LogP) is 4.53. The van der Waals surface area contributed by atoms with Crippen LogP contribution in [0.5, 0.6) is 0 Å². The first kappa shape index (κ1) is 17.9. The lowest BCUT2D eigenvalue weighted by molar-refractivity contribution is -0.135. The van der Waals surface area contributed by atoms with E-state index in [0.29, 0.717) is 18.0 Å². The molecule has 0 spiro atoms. The van der Waals surface area contributed by atoms with E-state index >= 15 is 0 Å².